The summed E-state index contributed by atoms with van der Waals surface area (Å²) >= 11 is 0. The van der Waals surface area contributed by atoms with Crippen LogP contribution in [0.3, 0.4) is 0 Å². The smallest absolute Gasteiger partial charge is 0.223 e. The number of amides is 1. The van der Waals surface area contributed by atoms with Crippen LogP contribution in [0.2, 0.25) is 0 Å². The van der Waals surface area contributed by atoms with Crippen molar-refractivity contribution in [2.45, 2.75) is 109 Å². The van der Waals surface area contributed by atoms with Crippen molar-refractivity contribution in [2.24, 2.45) is 17.1 Å². The Balaban J connectivity index is 1.85. The number of fused-ring (bicyclic) bond motifs is 2. The highest BCUT2D eigenvalue weighted by Crippen LogP contribution is 2.64. The van der Waals surface area contributed by atoms with Gasteiger partial charge in [0, 0.05) is 5.41 Å². The predicted octanol–water partition coefficient (Wildman–Crippen LogP) is 6.16. The Labute approximate surface area is 188 Å². The molecule has 31 heavy (non-hydrogen) atoms. The van der Waals surface area contributed by atoms with E-state index in [1.807, 2.05) is 18.2 Å². The highest BCUT2D eigenvalue weighted by Gasteiger charge is 2.64. The van der Waals surface area contributed by atoms with Crippen LogP contribution < -0.4 is 5.73 Å². The number of rotatable bonds is 13. The highest BCUT2D eigenvalue weighted by atomic mass is 16.5. The van der Waals surface area contributed by atoms with Gasteiger partial charge in [-0.3, -0.25) is 4.79 Å². The van der Waals surface area contributed by atoms with Gasteiger partial charge in [-0.2, -0.15) is 0 Å². The quantitative estimate of drug-likeness (QED) is 0.369. The first kappa shape index (κ1) is 24.3. The van der Waals surface area contributed by atoms with Crippen LogP contribution in [0.4, 0.5) is 0 Å². The predicted molar refractivity (Wildman–Crippen MR) is 126 cm³/mol. The molecule has 1 aliphatic heterocycles. The lowest BCUT2D eigenvalue weighted by molar-refractivity contribution is -0.298. The van der Waals surface area contributed by atoms with Gasteiger partial charge in [0.2, 0.25) is 5.91 Å². The first-order valence-electron chi connectivity index (χ1n) is 12.7. The lowest BCUT2D eigenvalue weighted by Crippen LogP contribution is -2.64. The molecule has 1 aliphatic carbocycles. The molecule has 174 valence electrons. The van der Waals surface area contributed by atoms with Crippen molar-refractivity contribution in [3.63, 3.8) is 0 Å². The van der Waals surface area contributed by atoms with Crippen molar-refractivity contribution in [3.8, 4) is 0 Å². The van der Waals surface area contributed by atoms with E-state index in [0.29, 0.717) is 6.42 Å². The zero-order chi connectivity index (χ0) is 22.3. The molecule has 1 saturated heterocycles. The van der Waals surface area contributed by atoms with Crippen LogP contribution in [0.15, 0.2) is 24.3 Å². The maximum Gasteiger partial charge on any atom is 0.223 e. The lowest BCUT2D eigenvalue weighted by atomic mass is 9.53. The van der Waals surface area contributed by atoms with E-state index < -0.39 is 23.5 Å². The molecule has 1 aromatic rings. The average Bonchev–Trinajstić information content (AvgIpc) is 2.77. The van der Waals surface area contributed by atoms with E-state index in [4.69, 9.17) is 10.5 Å². The average molecular weight is 430 g/mol. The van der Waals surface area contributed by atoms with Crippen LogP contribution in [0, 0.1) is 11.3 Å². The van der Waals surface area contributed by atoms with E-state index in [2.05, 4.69) is 19.9 Å². The first-order chi connectivity index (χ1) is 15.0. The molecule has 0 saturated carbocycles. The minimum atomic E-state index is -0.838. The van der Waals surface area contributed by atoms with Crippen molar-refractivity contribution in [3.05, 3.63) is 35.4 Å². The monoisotopic (exact) mass is 429 g/mol. The maximum atomic E-state index is 12.3. The summed E-state index contributed by atoms with van der Waals surface area (Å²) in [4.78, 5) is 12.3. The third-order valence-electron chi connectivity index (χ3n) is 7.94. The number of ether oxygens (including phenoxy) is 1. The number of nitrogens with two attached hydrogens (primary N) is 1. The van der Waals surface area contributed by atoms with Crippen molar-refractivity contribution in [2.75, 3.05) is 6.61 Å². The molecular formula is C27H43NO3. The van der Waals surface area contributed by atoms with Crippen LogP contribution >= 0.6 is 0 Å². The van der Waals surface area contributed by atoms with Gasteiger partial charge < -0.3 is 15.6 Å². The molecule has 4 unspecified atom stereocenters. The first-order valence-corrected chi connectivity index (χ1v) is 12.7. The molecule has 1 spiro atoms. The van der Waals surface area contributed by atoms with Gasteiger partial charge >= 0.3 is 0 Å². The van der Waals surface area contributed by atoms with Crippen molar-refractivity contribution in [1.29, 1.82) is 0 Å². The summed E-state index contributed by atoms with van der Waals surface area (Å²) in [7, 11) is 0. The third kappa shape index (κ3) is 4.85. The van der Waals surface area contributed by atoms with E-state index >= 15 is 0 Å². The molecule has 1 aromatic carbocycles. The second kappa shape index (κ2) is 11.0. The van der Waals surface area contributed by atoms with Gasteiger partial charge in [-0.25, -0.2) is 0 Å². The summed E-state index contributed by atoms with van der Waals surface area (Å²) in [5.74, 6) is -1.01. The van der Waals surface area contributed by atoms with Crippen LogP contribution in [0.25, 0.3) is 0 Å². The van der Waals surface area contributed by atoms with Crippen LogP contribution in [0.5, 0.6) is 0 Å². The van der Waals surface area contributed by atoms with Crippen molar-refractivity contribution in [1.82, 2.24) is 0 Å². The molecule has 3 N–H and O–H groups in total. The lowest BCUT2D eigenvalue weighted by Gasteiger charge is -2.63. The second-order valence-corrected chi connectivity index (χ2v) is 9.97. The summed E-state index contributed by atoms with van der Waals surface area (Å²) < 4.78 is 6.46. The molecule has 4 nitrogen and oxygen atoms in total. The van der Waals surface area contributed by atoms with Gasteiger partial charge in [0.15, 0.2) is 0 Å². The van der Waals surface area contributed by atoms with Gasteiger partial charge in [0.1, 0.15) is 5.60 Å². The van der Waals surface area contributed by atoms with Crippen LogP contribution in [0.1, 0.15) is 115 Å². The number of primary amides is 1. The fourth-order valence-electron chi connectivity index (χ4n) is 6.02. The fraction of sp³-hybridized carbons (Fsp3) is 0.741. The van der Waals surface area contributed by atoms with Gasteiger partial charge in [0.05, 0.1) is 18.6 Å². The molecule has 3 rings (SSSR count). The minimum absolute atomic E-state index is 0.0371. The topological polar surface area (TPSA) is 72.5 Å². The Hall–Kier alpha value is -1.39. The number of aliphatic hydroxyl groups excluding tert-OH is 1. The summed E-state index contributed by atoms with van der Waals surface area (Å²) in [5.41, 5.74) is 7.23. The van der Waals surface area contributed by atoms with Crippen molar-refractivity contribution < 1.29 is 14.6 Å². The number of hydrogen-bond acceptors (Lipinski definition) is 3. The van der Waals surface area contributed by atoms with E-state index in [0.717, 1.165) is 30.6 Å². The molecule has 0 bridgehead atoms. The Bertz CT molecular complexity index is 720. The van der Waals surface area contributed by atoms with Gasteiger partial charge in [-0.15, -0.1) is 0 Å². The maximum absolute atomic E-state index is 12.3. The minimum Gasteiger partial charge on any atom is -0.388 e. The fourth-order valence-corrected chi connectivity index (χ4v) is 6.02. The Morgan fingerprint density at radius 2 is 1.58 bits per heavy atom. The normalized spacial score (nSPS) is 29.5. The third-order valence-corrected chi connectivity index (χ3v) is 7.94. The summed E-state index contributed by atoms with van der Waals surface area (Å²) in [5, 5.41) is 10.9. The summed E-state index contributed by atoms with van der Waals surface area (Å²) in [6, 6.07) is 8.03. The largest absolute Gasteiger partial charge is 0.388 e. The SMILES string of the molecule is CCCCCCCCC1(CCCCCC)COC12CC(C(N)=O)C(O)c1ccccc12. The zero-order valence-corrected chi connectivity index (χ0v) is 19.7. The number of carbonyl (C=O) groups is 1. The highest BCUT2D eigenvalue weighted by molar-refractivity contribution is 5.78. The molecule has 0 aromatic heterocycles. The Morgan fingerprint density at radius 1 is 1.00 bits per heavy atom. The number of hydrogen-bond donors (Lipinski definition) is 2. The molecule has 1 amide bonds. The molecular weight excluding hydrogens is 386 g/mol. The second-order valence-electron chi connectivity index (χ2n) is 9.97. The van der Waals surface area contributed by atoms with Crippen LogP contribution in [-0.2, 0) is 15.1 Å². The molecule has 2 aliphatic rings. The summed E-state index contributed by atoms with van der Waals surface area (Å²) in [6.45, 7) is 5.26. The van der Waals surface area contributed by atoms with E-state index in [1.54, 1.807) is 0 Å². The van der Waals surface area contributed by atoms with Gasteiger partial charge in [0.25, 0.3) is 0 Å². The molecule has 1 fully saturated rings. The van der Waals surface area contributed by atoms with Crippen molar-refractivity contribution >= 4 is 5.91 Å². The zero-order valence-electron chi connectivity index (χ0n) is 19.7. The molecule has 0 radical (unpaired) electrons. The van der Waals surface area contributed by atoms with Gasteiger partial charge in [-0.1, -0.05) is 102 Å². The number of unbranched alkanes of at least 4 members (excludes halogenated alkanes) is 8. The number of aliphatic hydroxyl groups is 1. The Morgan fingerprint density at radius 3 is 2.16 bits per heavy atom. The number of benzene rings is 1. The van der Waals surface area contributed by atoms with E-state index in [-0.39, 0.29) is 5.41 Å². The molecule has 4 heteroatoms. The van der Waals surface area contributed by atoms with Crippen LogP contribution in [-0.4, -0.2) is 17.6 Å². The van der Waals surface area contributed by atoms with E-state index in [9.17, 15) is 9.90 Å². The standard InChI is InChI=1S/C27H43NO3/c1-3-5-7-9-10-14-18-26(17-13-8-6-4-2)20-31-27(26)19-22(25(28)30)24(29)21-15-11-12-16-23(21)27/h11-12,15-16,22,24,29H,3-10,13-14,17-20H2,1-2H3,(H2,28,30). The molecule has 1 heterocycles. The Kier molecular flexibility index (Phi) is 8.58. The molecule has 4 atom stereocenters. The van der Waals surface area contributed by atoms with Gasteiger partial charge in [-0.05, 0) is 30.4 Å². The van der Waals surface area contributed by atoms with E-state index in [1.165, 1.54) is 64.2 Å². The summed E-state index contributed by atoms with van der Waals surface area (Å²) in [6.07, 6.45) is 14.5. The number of carbonyl (C=O) groups excluding carboxylic acids is 1.